The van der Waals surface area contributed by atoms with Gasteiger partial charge in [-0.3, -0.25) is 4.79 Å². The van der Waals surface area contributed by atoms with Crippen LogP contribution in [0.5, 0.6) is 0 Å². The number of hydrogen-bond donors (Lipinski definition) is 0. The summed E-state index contributed by atoms with van der Waals surface area (Å²) in [6.07, 6.45) is 8.08. The zero-order valence-corrected chi connectivity index (χ0v) is 13.4. The van der Waals surface area contributed by atoms with E-state index in [1.165, 1.54) is 11.1 Å². The molecule has 19 heavy (non-hydrogen) atoms. The van der Waals surface area contributed by atoms with Crippen LogP contribution >= 0.6 is 0 Å². The first-order valence-corrected chi connectivity index (χ1v) is 6.91. The molecule has 0 N–H and O–H groups in total. The quantitative estimate of drug-likeness (QED) is 0.636. The molecule has 0 aromatic carbocycles. The summed E-state index contributed by atoms with van der Waals surface area (Å²) in [5.74, 6) is 0.107. The molecule has 2 heteroatoms. The maximum atomic E-state index is 12.1. The highest BCUT2D eigenvalue weighted by atomic mass is 16.2. The standard InChI is InChI=1S/C17H29NO/c1-8-18(16(19)17(5,6)7)13-12-15(4)11-9-10-14(2)3/h8,10,12H,1,9,11,13H2,2-7H3. The molecule has 1 amide bonds. The number of nitrogens with zero attached hydrogens (tertiary/aromatic N) is 1. The smallest absolute Gasteiger partial charge is 0.232 e. The van der Waals surface area contributed by atoms with Gasteiger partial charge in [0.1, 0.15) is 0 Å². The van der Waals surface area contributed by atoms with Crippen molar-refractivity contribution in [3.8, 4) is 0 Å². The molecule has 0 aliphatic carbocycles. The minimum Gasteiger partial charge on any atom is -0.315 e. The van der Waals surface area contributed by atoms with Crippen molar-refractivity contribution < 1.29 is 4.79 Å². The molecule has 0 radical (unpaired) electrons. The van der Waals surface area contributed by atoms with Gasteiger partial charge in [-0.15, -0.1) is 0 Å². The SMILES string of the molecule is C=CN(CC=C(C)CCC=C(C)C)C(=O)C(C)(C)C. The summed E-state index contributed by atoms with van der Waals surface area (Å²) in [6, 6.07) is 0. The second-order valence-corrected chi connectivity index (χ2v) is 6.26. The van der Waals surface area contributed by atoms with Gasteiger partial charge in [0.2, 0.25) is 5.91 Å². The van der Waals surface area contributed by atoms with Crippen molar-refractivity contribution in [1.29, 1.82) is 0 Å². The molecule has 0 atom stereocenters. The fourth-order valence-electron chi connectivity index (χ4n) is 1.62. The van der Waals surface area contributed by atoms with E-state index in [2.05, 4.69) is 39.5 Å². The van der Waals surface area contributed by atoms with E-state index in [4.69, 9.17) is 0 Å². The highest BCUT2D eigenvalue weighted by Gasteiger charge is 2.25. The molecule has 2 nitrogen and oxygen atoms in total. The van der Waals surface area contributed by atoms with Crippen molar-refractivity contribution in [3.05, 3.63) is 36.1 Å². The lowest BCUT2D eigenvalue weighted by atomic mass is 9.95. The molecule has 0 bridgehead atoms. The first kappa shape index (κ1) is 17.7. The van der Waals surface area contributed by atoms with Crippen molar-refractivity contribution in [3.63, 3.8) is 0 Å². The van der Waals surface area contributed by atoms with Crippen LogP contribution in [0.1, 0.15) is 54.4 Å². The number of amides is 1. The average Bonchev–Trinajstić information content (AvgIpc) is 2.27. The third kappa shape index (κ3) is 7.66. The van der Waals surface area contributed by atoms with Crippen LogP contribution in [-0.4, -0.2) is 17.4 Å². The summed E-state index contributed by atoms with van der Waals surface area (Å²) < 4.78 is 0. The molecule has 0 rings (SSSR count). The van der Waals surface area contributed by atoms with Crippen LogP contribution in [0.2, 0.25) is 0 Å². The van der Waals surface area contributed by atoms with Crippen molar-refractivity contribution >= 4 is 5.91 Å². The molecule has 0 aromatic rings. The molecule has 0 spiro atoms. The minimum atomic E-state index is -0.363. The van der Waals surface area contributed by atoms with Crippen LogP contribution in [0.4, 0.5) is 0 Å². The van der Waals surface area contributed by atoms with Gasteiger partial charge in [-0.05, 0) is 39.8 Å². The molecule has 0 saturated carbocycles. The highest BCUT2D eigenvalue weighted by molar-refractivity contribution is 5.82. The van der Waals surface area contributed by atoms with Gasteiger partial charge in [0, 0.05) is 12.0 Å². The summed E-state index contributed by atoms with van der Waals surface area (Å²) >= 11 is 0. The fraction of sp³-hybridized carbons (Fsp3) is 0.588. The van der Waals surface area contributed by atoms with Gasteiger partial charge in [0.25, 0.3) is 0 Å². The van der Waals surface area contributed by atoms with Crippen LogP contribution in [0, 0.1) is 5.41 Å². The molecule has 0 heterocycles. The van der Waals surface area contributed by atoms with Crippen molar-refractivity contribution in [2.75, 3.05) is 6.54 Å². The van der Waals surface area contributed by atoms with E-state index in [9.17, 15) is 4.79 Å². The Morgan fingerprint density at radius 3 is 2.16 bits per heavy atom. The highest BCUT2D eigenvalue weighted by Crippen LogP contribution is 2.18. The van der Waals surface area contributed by atoms with Crippen molar-refractivity contribution in [2.24, 2.45) is 5.41 Å². The van der Waals surface area contributed by atoms with E-state index in [1.54, 1.807) is 11.1 Å². The van der Waals surface area contributed by atoms with Gasteiger partial charge in [-0.1, -0.05) is 50.6 Å². The second-order valence-electron chi connectivity index (χ2n) is 6.26. The van der Waals surface area contributed by atoms with E-state index < -0.39 is 0 Å². The Labute approximate surface area is 118 Å². The number of carbonyl (C=O) groups is 1. The van der Waals surface area contributed by atoms with Crippen LogP contribution in [0.3, 0.4) is 0 Å². The number of rotatable bonds is 6. The Hall–Kier alpha value is -1.31. The van der Waals surface area contributed by atoms with E-state index >= 15 is 0 Å². The lowest BCUT2D eigenvalue weighted by molar-refractivity contribution is -0.136. The Balaban J connectivity index is 4.45. The third-order valence-corrected chi connectivity index (χ3v) is 2.85. The predicted molar refractivity (Wildman–Crippen MR) is 83.8 cm³/mol. The maximum absolute atomic E-state index is 12.1. The summed E-state index contributed by atoms with van der Waals surface area (Å²) in [5.41, 5.74) is 2.30. The van der Waals surface area contributed by atoms with Gasteiger partial charge in [0.15, 0.2) is 0 Å². The molecule has 0 aliphatic rings. The molecule has 0 unspecified atom stereocenters. The Morgan fingerprint density at radius 2 is 1.74 bits per heavy atom. The second kappa shape index (κ2) is 7.98. The largest absolute Gasteiger partial charge is 0.315 e. The summed E-state index contributed by atoms with van der Waals surface area (Å²) in [5, 5.41) is 0. The minimum absolute atomic E-state index is 0.107. The summed E-state index contributed by atoms with van der Waals surface area (Å²) in [4.78, 5) is 13.8. The molecular formula is C17H29NO. The topological polar surface area (TPSA) is 20.3 Å². The van der Waals surface area contributed by atoms with Crippen molar-refractivity contribution in [2.45, 2.75) is 54.4 Å². The van der Waals surface area contributed by atoms with Crippen LogP contribution < -0.4 is 0 Å². The van der Waals surface area contributed by atoms with E-state index in [0.29, 0.717) is 6.54 Å². The van der Waals surface area contributed by atoms with Gasteiger partial charge in [-0.2, -0.15) is 0 Å². The fourth-order valence-corrected chi connectivity index (χ4v) is 1.62. The van der Waals surface area contributed by atoms with Crippen LogP contribution in [0.15, 0.2) is 36.1 Å². The van der Waals surface area contributed by atoms with Crippen LogP contribution in [0.25, 0.3) is 0 Å². The van der Waals surface area contributed by atoms with Gasteiger partial charge < -0.3 is 4.90 Å². The zero-order valence-electron chi connectivity index (χ0n) is 13.4. The van der Waals surface area contributed by atoms with Crippen molar-refractivity contribution in [1.82, 2.24) is 4.90 Å². The monoisotopic (exact) mass is 263 g/mol. The number of allylic oxidation sites excluding steroid dienone is 3. The summed E-state index contributed by atoms with van der Waals surface area (Å²) in [7, 11) is 0. The molecule has 0 saturated heterocycles. The molecule has 0 aromatic heterocycles. The first-order chi connectivity index (χ1) is 8.68. The lowest BCUT2D eigenvalue weighted by Crippen LogP contribution is -2.35. The Kier molecular flexibility index (Phi) is 7.43. The van der Waals surface area contributed by atoms with Gasteiger partial charge in [-0.25, -0.2) is 0 Å². The lowest BCUT2D eigenvalue weighted by Gasteiger charge is -2.25. The maximum Gasteiger partial charge on any atom is 0.232 e. The van der Waals surface area contributed by atoms with E-state index in [0.717, 1.165) is 12.8 Å². The third-order valence-electron chi connectivity index (χ3n) is 2.85. The number of carbonyl (C=O) groups excluding carboxylic acids is 1. The van der Waals surface area contributed by atoms with Gasteiger partial charge in [0.05, 0.1) is 0 Å². The van der Waals surface area contributed by atoms with Crippen LogP contribution in [-0.2, 0) is 4.79 Å². The molecule has 0 aliphatic heterocycles. The molecule has 108 valence electrons. The van der Waals surface area contributed by atoms with E-state index in [-0.39, 0.29) is 11.3 Å². The Bertz CT molecular complexity index is 365. The number of hydrogen-bond acceptors (Lipinski definition) is 1. The molecule has 0 fully saturated rings. The Morgan fingerprint density at radius 1 is 1.16 bits per heavy atom. The predicted octanol–water partition coefficient (Wildman–Crippen LogP) is 4.70. The van der Waals surface area contributed by atoms with Gasteiger partial charge >= 0.3 is 0 Å². The first-order valence-electron chi connectivity index (χ1n) is 6.91. The van der Waals surface area contributed by atoms with E-state index in [1.807, 2.05) is 20.8 Å². The normalized spacial score (nSPS) is 12.0. The summed E-state index contributed by atoms with van der Waals surface area (Å²) in [6.45, 7) is 16.5. The average molecular weight is 263 g/mol. The zero-order chi connectivity index (χ0) is 15.1. The molecular weight excluding hydrogens is 234 g/mol.